The Bertz CT molecular complexity index is 1750. The predicted octanol–water partition coefficient (Wildman–Crippen LogP) is 11.1. The van der Waals surface area contributed by atoms with Crippen LogP contribution in [-0.4, -0.2) is 16.4 Å². The number of anilines is 1. The molecule has 3 aromatic rings. The maximum absolute atomic E-state index is 4.79. The second-order valence-corrected chi connectivity index (χ2v) is 12.6. The molecule has 0 saturated heterocycles. The van der Waals surface area contributed by atoms with Crippen LogP contribution in [0.15, 0.2) is 177 Å². The van der Waals surface area contributed by atoms with E-state index in [1.807, 2.05) is 54.4 Å². The molecule has 0 saturated carbocycles. The zero-order valence-electron chi connectivity index (χ0n) is 25.2. The summed E-state index contributed by atoms with van der Waals surface area (Å²) in [6, 6.07) is 23.2. The van der Waals surface area contributed by atoms with E-state index in [1.165, 1.54) is 32.8 Å². The molecule has 0 spiro atoms. The van der Waals surface area contributed by atoms with Gasteiger partial charge in [0.2, 0.25) is 0 Å². The first-order chi connectivity index (χ1) is 21.5. The Kier molecular flexibility index (Phi) is 10.7. The molecule has 44 heavy (non-hydrogen) atoms. The Morgan fingerprint density at radius 2 is 1.80 bits per heavy atom. The van der Waals surface area contributed by atoms with E-state index in [1.54, 1.807) is 6.20 Å². The van der Waals surface area contributed by atoms with Crippen LogP contribution in [-0.2, 0) is 0 Å². The van der Waals surface area contributed by atoms with Crippen molar-refractivity contribution in [3.8, 4) is 11.1 Å². The molecule has 0 atom stereocenters. The number of allylic oxidation sites excluding steroid dienone is 11. The summed E-state index contributed by atoms with van der Waals surface area (Å²) in [4.78, 5) is 13.0. The first kappa shape index (κ1) is 31.2. The van der Waals surface area contributed by atoms with Crippen molar-refractivity contribution < 1.29 is 0 Å². The lowest BCUT2D eigenvalue weighted by Crippen LogP contribution is -2.20. The molecule has 3 heterocycles. The molecular formula is C39H36BrN3S. The lowest BCUT2D eigenvalue weighted by molar-refractivity contribution is 1.08. The van der Waals surface area contributed by atoms with E-state index in [-0.39, 0.29) is 0 Å². The molecule has 0 aliphatic carbocycles. The molecule has 0 bridgehead atoms. The number of hydrogen-bond acceptors (Lipinski definition) is 4. The molecule has 2 aliphatic rings. The quantitative estimate of drug-likeness (QED) is 0.160. The minimum Gasteiger partial charge on any atom is -0.315 e. The van der Waals surface area contributed by atoms with Crippen molar-refractivity contribution >= 4 is 39.1 Å². The van der Waals surface area contributed by atoms with Gasteiger partial charge in [0.15, 0.2) is 0 Å². The standard InChI is InChI=1S/C39H36BrN3S/c1-5-7-14-36-29(4)44-27-32(11-6-2)37(36)25-28(3)43(34-17-15-31(16-18-34)30-12-9-8-10-13-30)35-19-20-38(41-24-22-35)39-26-33(40)21-23-42-39/h5-10,12-19,21-26H,1-2,11,20,27H2,3-4H3/b14-7-,28-25+. The Labute approximate surface area is 274 Å². The minimum atomic E-state index is 0.658. The van der Waals surface area contributed by atoms with Gasteiger partial charge in [-0.2, -0.15) is 0 Å². The minimum absolute atomic E-state index is 0.658. The molecule has 0 unspecified atom stereocenters. The van der Waals surface area contributed by atoms with Gasteiger partial charge in [0, 0.05) is 46.1 Å². The number of aromatic nitrogens is 1. The summed E-state index contributed by atoms with van der Waals surface area (Å²) in [6.07, 6.45) is 19.9. The number of aliphatic imine (C=N–C) groups is 1. The second kappa shape index (κ2) is 15.0. The molecule has 0 radical (unpaired) electrons. The topological polar surface area (TPSA) is 28.5 Å². The van der Waals surface area contributed by atoms with Gasteiger partial charge in [0.25, 0.3) is 0 Å². The monoisotopic (exact) mass is 657 g/mol. The molecule has 2 aliphatic heterocycles. The molecule has 0 fully saturated rings. The smallest absolute Gasteiger partial charge is 0.0858 e. The predicted molar refractivity (Wildman–Crippen MR) is 195 cm³/mol. The third-order valence-corrected chi connectivity index (χ3v) is 9.14. The van der Waals surface area contributed by atoms with Gasteiger partial charge in [0.05, 0.1) is 11.4 Å². The van der Waals surface area contributed by atoms with Gasteiger partial charge >= 0.3 is 0 Å². The second-order valence-electron chi connectivity index (χ2n) is 10.5. The summed E-state index contributed by atoms with van der Waals surface area (Å²) in [7, 11) is 0. The van der Waals surface area contributed by atoms with E-state index in [9.17, 15) is 0 Å². The van der Waals surface area contributed by atoms with E-state index >= 15 is 0 Å². The van der Waals surface area contributed by atoms with E-state index in [4.69, 9.17) is 4.99 Å². The Balaban J connectivity index is 1.59. The van der Waals surface area contributed by atoms with Crippen LogP contribution >= 0.6 is 27.7 Å². The van der Waals surface area contributed by atoms with E-state index < -0.39 is 0 Å². The summed E-state index contributed by atoms with van der Waals surface area (Å²) < 4.78 is 0.987. The van der Waals surface area contributed by atoms with E-state index in [0.717, 1.165) is 45.1 Å². The SMILES string of the molecule is C=C/C=C\C1=C(C)SCC(CC=C)=C1/C=C(\C)N(C1=CCC(c2cc(Br)ccn2)=NC=C1)c1ccc(-c2ccccc2)cc1. The van der Waals surface area contributed by atoms with Crippen LogP contribution in [0.4, 0.5) is 5.69 Å². The summed E-state index contributed by atoms with van der Waals surface area (Å²) >= 11 is 5.46. The average Bonchev–Trinajstić information content (AvgIpc) is 3.29. The molecule has 3 nitrogen and oxygen atoms in total. The fourth-order valence-electron chi connectivity index (χ4n) is 5.31. The summed E-state index contributed by atoms with van der Waals surface area (Å²) in [6.45, 7) is 12.3. The van der Waals surface area contributed by atoms with Crippen LogP contribution in [0.2, 0.25) is 0 Å². The van der Waals surface area contributed by atoms with Crippen molar-refractivity contribution in [3.05, 3.63) is 178 Å². The van der Waals surface area contributed by atoms with E-state index in [0.29, 0.717) is 6.42 Å². The van der Waals surface area contributed by atoms with Crippen LogP contribution in [0.5, 0.6) is 0 Å². The van der Waals surface area contributed by atoms with Crippen molar-refractivity contribution in [1.29, 1.82) is 0 Å². The molecule has 5 heteroatoms. The third kappa shape index (κ3) is 7.47. The summed E-state index contributed by atoms with van der Waals surface area (Å²) in [5, 5.41) is 0. The van der Waals surface area contributed by atoms with Crippen molar-refractivity contribution in [3.63, 3.8) is 0 Å². The maximum atomic E-state index is 4.79. The zero-order chi connectivity index (χ0) is 30.9. The largest absolute Gasteiger partial charge is 0.315 e. The van der Waals surface area contributed by atoms with Crippen molar-refractivity contribution in [2.24, 2.45) is 4.99 Å². The van der Waals surface area contributed by atoms with Crippen LogP contribution < -0.4 is 4.90 Å². The maximum Gasteiger partial charge on any atom is 0.0858 e. The van der Waals surface area contributed by atoms with Crippen LogP contribution in [0, 0.1) is 0 Å². The number of nitrogens with zero attached hydrogens (tertiary/aromatic N) is 3. The van der Waals surface area contributed by atoms with Gasteiger partial charge in [-0.1, -0.05) is 95.4 Å². The summed E-state index contributed by atoms with van der Waals surface area (Å²) in [5.41, 5.74) is 11.3. The molecule has 5 rings (SSSR count). The third-order valence-electron chi connectivity index (χ3n) is 7.50. The lowest BCUT2D eigenvalue weighted by atomic mass is 9.95. The number of pyridine rings is 1. The Morgan fingerprint density at radius 3 is 2.52 bits per heavy atom. The van der Waals surface area contributed by atoms with Gasteiger partial charge in [-0.3, -0.25) is 9.98 Å². The highest BCUT2D eigenvalue weighted by molar-refractivity contribution is 9.10. The van der Waals surface area contributed by atoms with Crippen LogP contribution in [0.25, 0.3) is 11.1 Å². The van der Waals surface area contributed by atoms with Crippen LogP contribution in [0.3, 0.4) is 0 Å². The van der Waals surface area contributed by atoms with Crippen molar-refractivity contribution in [2.45, 2.75) is 26.7 Å². The van der Waals surface area contributed by atoms with E-state index in [2.05, 4.69) is 126 Å². The molecule has 220 valence electrons. The lowest BCUT2D eigenvalue weighted by Gasteiger charge is -2.29. The molecule has 1 aromatic heterocycles. The van der Waals surface area contributed by atoms with Crippen molar-refractivity contribution in [1.82, 2.24) is 4.98 Å². The van der Waals surface area contributed by atoms with Crippen molar-refractivity contribution in [2.75, 3.05) is 10.7 Å². The zero-order valence-corrected chi connectivity index (χ0v) is 27.6. The fourth-order valence-corrected chi connectivity index (χ4v) is 6.65. The highest BCUT2D eigenvalue weighted by atomic mass is 79.9. The number of hydrogen-bond donors (Lipinski definition) is 0. The fraction of sp³-hybridized carbons (Fsp3) is 0.128. The van der Waals surface area contributed by atoms with Gasteiger partial charge in [-0.05, 0) is 89.4 Å². The highest BCUT2D eigenvalue weighted by Gasteiger charge is 2.20. The number of rotatable bonds is 10. The molecular weight excluding hydrogens is 622 g/mol. The molecule has 0 N–H and O–H groups in total. The van der Waals surface area contributed by atoms with Gasteiger partial charge in [-0.25, -0.2) is 0 Å². The number of thioether (sulfide) groups is 1. The van der Waals surface area contributed by atoms with Gasteiger partial charge in [0.1, 0.15) is 0 Å². The number of benzene rings is 2. The van der Waals surface area contributed by atoms with Crippen LogP contribution in [0.1, 0.15) is 32.4 Å². The number of halogens is 1. The molecule has 2 aromatic carbocycles. The first-order valence-electron chi connectivity index (χ1n) is 14.6. The molecule has 0 amide bonds. The Morgan fingerprint density at radius 1 is 1.02 bits per heavy atom. The van der Waals surface area contributed by atoms with Gasteiger partial charge in [-0.15, -0.1) is 18.3 Å². The highest BCUT2D eigenvalue weighted by Crippen LogP contribution is 2.38. The average molecular weight is 659 g/mol. The Hall–Kier alpha value is -4.19. The first-order valence-corrected chi connectivity index (χ1v) is 16.4. The van der Waals surface area contributed by atoms with Gasteiger partial charge < -0.3 is 4.90 Å². The summed E-state index contributed by atoms with van der Waals surface area (Å²) in [5.74, 6) is 0.952. The normalized spacial score (nSPS) is 15.7.